The van der Waals surface area contributed by atoms with Crippen LogP contribution < -0.4 is 0 Å². The topological polar surface area (TPSA) is 103 Å². The van der Waals surface area contributed by atoms with Gasteiger partial charge in [-0.1, -0.05) is 0 Å². The highest BCUT2D eigenvalue weighted by Crippen LogP contribution is 2.46. The fourth-order valence-electron chi connectivity index (χ4n) is 5.65. The molecule has 1 unspecified atom stereocenters. The molecule has 3 fully saturated rings. The number of aliphatic hydroxyl groups is 1. The number of fused-ring (bicyclic) bond motifs is 3. The summed E-state index contributed by atoms with van der Waals surface area (Å²) >= 11 is 0. The number of hydrogen-bond donors (Lipinski definition) is 2. The summed E-state index contributed by atoms with van der Waals surface area (Å²) in [6.45, 7) is 2.97. The van der Waals surface area contributed by atoms with Gasteiger partial charge in [-0.05, 0) is 80.9 Å². The lowest BCUT2D eigenvalue weighted by molar-refractivity contribution is -0.166. The number of nitrogens with zero attached hydrogens (tertiary/aromatic N) is 4. The van der Waals surface area contributed by atoms with E-state index >= 15 is 0 Å². The third kappa shape index (κ3) is 3.36. The number of carbonyl (C=O) groups is 2. The van der Waals surface area contributed by atoms with E-state index in [1.165, 1.54) is 12.1 Å². The van der Waals surface area contributed by atoms with Crippen LogP contribution in [-0.2, 0) is 10.5 Å². The van der Waals surface area contributed by atoms with E-state index in [0.717, 1.165) is 24.8 Å². The summed E-state index contributed by atoms with van der Waals surface area (Å²) in [5.74, 6) is 0.123. The number of carbonyl (C=O) groups excluding carboxylic acids is 2. The predicted octanol–water partition coefficient (Wildman–Crippen LogP) is 2.77. The normalized spacial score (nSPS) is 25.2. The third-order valence-electron chi connectivity index (χ3n) is 7.97. The van der Waals surface area contributed by atoms with E-state index in [-0.39, 0.29) is 35.8 Å². The van der Waals surface area contributed by atoms with Crippen LogP contribution in [0, 0.1) is 17.1 Å². The van der Waals surface area contributed by atoms with Crippen molar-refractivity contribution in [2.24, 2.45) is 5.92 Å². The molecule has 2 aliphatic heterocycles. The van der Waals surface area contributed by atoms with Crippen LogP contribution >= 0.6 is 0 Å². The van der Waals surface area contributed by atoms with Crippen molar-refractivity contribution >= 4 is 23.1 Å². The largest absolute Gasteiger partial charge is 0.380 e. The van der Waals surface area contributed by atoms with Crippen molar-refractivity contribution in [3.63, 3.8) is 0 Å². The lowest BCUT2D eigenvalue weighted by Crippen LogP contribution is -2.64. The molecule has 1 aromatic carbocycles. The Morgan fingerprint density at radius 2 is 1.94 bits per heavy atom. The second-order valence-electron chi connectivity index (χ2n) is 10.4. The standard InChI is InChI=1S/C26H28FN5O3/c1-25-15-30(24(34)26(35)9-2-10-26)11-12-31(25)23(33)21-14-29-22(32(21)25)19(16-3-4-16)13-20(28)17-5-7-18(27)8-6-17/h5-8,13-14,16,28,35H,2-4,9-12,15H2,1H3. The highest BCUT2D eigenvalue weighted by Gasteiger charge is 2.54. The summed E-state index contributed by atoms with van der Waals surface area (Å²) in [5.41, 5.74) is 0.0817. The number of halogens is 1. The Morgan fingerprint density at radius 3 is 2.57 bits per heavy atom. The van der Waals surface area contributed by atoms with Crippen LogP contribution in [0.5, 0.6) is 0 Å². The van der Waals surface area contributed by atoms with E-state index in [9.17, 15) is 19.1 Å². The Labute approximate surface area is 202 Å². The van der Waals surface area contributed by atoms with E-state index in [0.29, 0.717) is 43.0 Å². The molecule has 1 atom stereocenters. The molecule has 2 amide bonds. The molecule has 2 saturated carbocycles. The van der Waals surface area contributed by atoms with Gasteiger partial charge in [-0.15, -0.1) is 0 Å². The number of rotatable bonds is 5. The van der Waals surface area contributed by atoms with Crippen LogP contribution in [0.4, 0.5) is 4.39 Å². The fourth-order valence-corrected chi connectivity index (χ4v) is 5.65. The maximum atomic E-state index is 13.4. The molecule has 0 spiro atoms. The van der Waals surface area contributed by atoms with Crippen LogP contribution in [0.2, 0.25) is 0 Å². The molecule has 182 valence electrons. The van der Waals surface area contributed by atoms with Crippen molar-refractivity contribution in [1.82, 2.24) is 19.4 Å². The lowest BCUT2D eigenvalue weighted by atomic mass is 9.79. The first kappa shape index (κ1) is 22.2. The van der Waals surface area contributed by atoms with Gasteiger partial charge in [0.25, 0.3) is 11.8 Å². The highest BCUT2D eigenvalue weighted by atomic mass is 19.1. The molecule has 2 aliphatic carbocycles. The van der Waals surface area contributed by atoms with Gasteiger partial charge in [-0.3, -0.25) is 14.2 Å². The van der Waals surface area contributed by atoms with Gasteiger partial charge in [0, 0.05) is 18.7 Å². The van der Waals surface area contributed by atoms with Crippen LogP contribution in [0.15, 0.2) is 36.5 Å². The van der Waals surface area contributed by atoms with Gasteiger partial charge in [0.2, 0.25) is 0 Å². The number of benzene rings is 1. The zero-order chi connectivity index (χ0) is 24.5. The zero-order valence-corrected chi connectivity index (χ0v) is 19.6. The molecule has 2 N–H and O–H groups in total. The molecule has 35 heavy (non-hydrogen) atoms. The van der Waals surface area contributed by atoms with Gasteiger partial charge < -0.3 is 20.3 Å². The minimum absolute atomic E-state index is 0.121. The van der Waals surface area contributed by atoms with Gasteiger partial charge in [-0.2, -0.15) is 0 Å². The molecule has 3 heterocycles. The molecule has 8 nitrogen and oxygen atoms in total. The number of hydrogen-bond acceptors (Lipinski definition) is 5. The van der Waals surface area contributed by atoms with Crippen LogP contribution in [0.25, 0.3) is 5.57 Å². The maximum absolute atomic E-state index is 13.4. The Bertz CT molecular complexity index is 1270. The van der Waals surface area contributed by atoms with E-state index in [2.05, 4.69) is 4.98 Å². The monoisotopic (exact) mass is 477 g/mol. The van der Waals surface area contributed by atoms with E-state index in [1.54, 1.807) is 34.2 Å². The number of aromatic nitrogens is 2. The second kappa shape index (κ2) is 7.58. The fraction of sp³-hybridized carbons (Fsp3) is 0.462. The van der Waals surface area contributed by atoms with Gasteiger partial charge in [0.1, 0.15) is 28.6 Å². The van der Waals surface area contributed by atoms with Gasteiger partial charge in [-0.25, -0.2) is 9.37 Å². The van der Waals surface area contributed by atoms with E-state index in [1.807, 2.05) is 11.5 Å². The average molecular weight is 478 g/mol. The smallest absolute Gasteiger partial charge is 0.274 e. The summed E-state index contributed by atoms with van der Waals surface area (Å²) in [6, 6.07) is 5.83. The van der Waals surface area contributed by atoms with Crippen LogP contribution in [0.3, 0.4) is 0 Å². The molecule has 2 aromatic rings. The van der Waals surface area contributed by atoms with Gasteiger partial charge >= 0.3 is 0 Å². The summed E-state index contributed by atoms with van der Waals surface area (Å²) < 4.78 is 15.3. The second-order valence-corrected chi connectivity index (χ2v) is 10.4. The van der Waals surface area contributed by atoms with Crippen LogP contribution in [0.1, 0.15) is 60.9 Å². The van der Waals surface area contributed by atoms with Crippen molar-refractivity contribution in [3.8, 4) is 0 Å². The Kier molecular flexibility index (Phi) is 4.80. The number of imidazole rings is 1. The molecule has 1 aromatic heterocycles. The molecule has 1 saturated heterocycles. The van der Waals surface area contributed by atoms with Crippen LogP contribution in [-0.4, -0.2) is 67.2 Å². The Hall–Kier alpha value is -3.33. The first-order valence-electron chi connectivity index (χ1n) is 12.2. The molecule has 0 radical (unpaired) electrons. The molecule has 6 rings (SSSR count). The third-order valence-corrected chi connectivity index (χ3v) is 7.97. The van der Waals surface area contributed by atoms with E-state index in [4.69, 9.17) is 5.41 Å². The summed E-state index contributed by atoms with van der Waals surface area (Å²) in [6.07, 6.45) is 7.09. The summed E-state index contributed by atoms with van der Waals surface area (Å²) in [4.78, 5) is 34.5. The summed E-state index contributed by atoms with van der Waals surface area (Å²) in [5, 5.41) is 19.3. The highest BCUT2D eigenvalue weighted by molar-refractivity contribution is 6.10. The molecule has 0 bridgehead atoms. The number of nitrogens with one attached hydrogen (secondary N) is 1. The zero-order valence-electron chi connectivity index (χ0n) is 19.6. The Morgan fingerprint density at radius 1 is 1.23 bits per heavy atom. The first-order valence-corrected chi connectivity index (χ1v) is 12.2. The van der Waals surface area contributed by atoms with Crippen molar-refractivity contribution in [2.45, 2.75) is 50.3 Å². The van der Waals surface area contributed by atoms with Gasteiger partial charge in [0.15, 0.2) is 0 Å². The van der Waals surface area contributed by atoms with Crippen molar-refractivity contribution < 1.29 is 19.1 Å². The van der Waals surface area contributed by atoms with Crippen molar-refractivity contribution in [3.05, 3.63) is 59.4 Å². The molecular formula is C26H28FN5O3. The first-order chi connectivity index (χ1) is 16.7. The quantitative estimate of drug-likeness (QED) is 0.647. The SMILES string of the molecule is CC12CN(C(=O)C3(O)CCC3)CCN1C(=O)c1cnc(C(=CC(=N)c3ccc(F)cc3)C3CC3)n12. The number of amides is 2. The molecule has 9 heteroatoms. The van der Waals surface area contributed by atoms with Crippen molar-refractivity contribution in [2.75, 3.05) is 19.6 Å². The molecule has 4 aliphatic rings. The minimum atomic E-state index is -1.29. The minimum Gasteiger partial charge on any atom is -0.380 e. The number of allylic oxidation sites excluding steroid dienone is 2. The lowest BCUT2D eigenvalue weighted by Gasteiger charge is -2.48. The maximum Gasteiger partial charge on any atom is 0.274 e. The van der Waals surface area contributed by atoms with Gasteiger partial charge in [0.05, 0.1) is 18.5 Å². The van der Waals surface area contributed by atoms with E-state index < -0.39 is 11.3 Å². The average Bonchev–Trinajstić information content (AvgIpc) is 3.52. The molecular weight excluding hydrogens is 449 g/mol. The predicted molar refractivity (Wildman–Crippen MR) is 126 cm³/mol. The van der Waals surface area contributed by atoms with Crippen molar-refractivity contribution in [1.29, 1.82) is 5.41 Å². The summed E-state index contributed by atoms with van der Waals surface area (Å²) in [7, 11) is 0. The number of piperazine rings is 1. The Balaban J connectivity index is 1.38.